The molecule has 2 unspecified atom stereocenters. The van der Waals surface area contributed by atoms with E-state index in [4.69, 9.17) is 0 Å². The number of nitrogens with zero attached hydrogens (tertiary/aromatic N) is 2. The number of ketones is 1. The summed E-state index contributed by atoms with van der Waals surface area (Å²) >= 11 is 0. The van der Waals surface area contributed by atoms with E-state index >= 15 is 0 Å². The van der Waals surface area contributed by atoms with Gasteiger partial charge in [0.15, 0.2) is 0 Å². The summed E-state index contributed by atoms with van der Waals surface area (Å²) < 4.78 is 1.94. The maximum absolute atomic E-state index is 12.0. The van der Waals surface area contributed by atoms with Crippen molar-refractivity contribution in [1.82, 2.24) is 9.55 Å². The Hall–Kier alpha value is -1.12. The summed E-state index contributed by atoms with van der Waals surface area (Å²) in [7, 11) is 1.95. The van der Waals surface area contributed by atoms with Crippen molar-refractivity contribution in [3.63, 3.8) is 0 Å². The molecule has 0 aliphatic heterocycles. The van der Waals surface area contributed by atoms with Gasteiger partial charge >= 0.3 is 0 Å². The molecular weight excluding hydrogens is 188 g/mol. The van der Waals surface area contributed by atoms with Gasteiger partial charge in [-0.3, -0.25) is 4.79 Å². The standard InChI is InChI=1S/C12H16N2O/c1-14-6-5-13-11(14)7-10(15)12-8-3-2-4-9(8)12/h5-6,8-9,12H,2-4,7H2,1H3. The minimum Gasteiger partial charge on any atom is -0.338 e. The molecule has 0 saturated heterocycles. The number of imidazole rings is 1. The maximum Gasteiger partial charge on any atom is 0.144 e. The highest BCUT2D eigenvalue weighted by molar-refractivity contribution is 5.86. The smallest absolute Gasteiger partial charge is 0.144 e. The number of aryl methyl sites for hydroxylation is 1. The Morgan fingerprint density at radius 1 is 1.53 bits per heavy atom. The lowest BCUT2D eigenvalue weighted by atomic mass is 10.1. The third-order valence-electron chi connectivity index (χ3n) is 4.03. The lowest BCUT2D eigenvalue weighted by molar-refractivity contribution is -0.120. The molecule has 2 aliphatic carbocycles. The van der Waals surface area contributed by atoms with Crippen molar-refractivity contribution < 1.29 is 4.79 Å². The zero-order valence-electron chi connectivity index (χ0n) is 9.02. The first-order chi connectivity index (χ1) is 7.27. The Labute approximate surface area is 89.5 Å². The second-order valence-electron chi connectivity index (χ2n) is 4.88. The molecule has 2 aliphatic rings. The molecule has 0 aromatic carbocycles. The van der Waals surface area contributed by atoms with Gasteiger partial charge in [0.25, 0.3) is 0 Å². The fourth-order valence-electron chi connectivity index (χ4n) is 3.14. The molecule has 1 aromatic heterocycles. The number of aromatic nitrogens is 2. The summed E-state index contributed by atoms with van der Waals surface area (Å²) in [5.41, 5.74) is 0. The number of hydrogen-bond donors (Lipinski definition) is 0. The molecule has 1 heterocycles. The van der Waals surface area contributed by atoms with Crippen LogP contribution in [0.25, 0.3) is 0 Å². The van der Waals surface area contributed by atoms with E-state index in [-0.39, 0.29) is 0 Å². The molecule has 0 bridgehead atoms. The Kier molecular flexibility index (Phi) is 1.94. The zero-order valence-corrected chi connectivity index (χ0v) is 9.02. The highest BCUT2D eigenvalue weighted by atomic mass is 16.1. The first-order valence-corrected chi connectivity index (χ1v) is 5.76. The summed E-state index contributed by atoms with van der Waals surface area (Å²) in [4.78, 5) is 16.2. The molecule has 80 valence electrons. The van der Waals surface area contributed by atoms with Crippen LogP contribution in [0.15, 0.2) is 12.4 Å². The Morgan fingerprint density at radius 3 is 2.87 bits per heavy atom. The van der Waals surface area contributed by atoms with Crippen molar-refractivity contribution in [3.8, 4) is 0 Å². The third kappa shape index (κ3) is 1.41. The molecule has 0 amide bonds. The van der Waals surface area contributed by atoms with Crippen LogP contribution < -0.4 is 0 Å². The summed E-state index contributed by atoms with van der Waals surface area (Å²) in [6, 6.07) is 0. The van der Waals surface area contributed by atoms with Gasteiger partial charge in [0, 0.05) is 25.4 Å². The van der Waals surface area contributed by atoms with E-state index < -0.39 is 0 Å². The van der Waals surface area contributed by atoms with Crippen LogP contribution >= 0.6 is 0 Å². The fraction of sp³-hybridized carbons (Fsp3) is 0.667. The molecule has 3 rings (SSSR count). The number of rotatable bonds is 3. The molecule has 2 atom stereocenters. The molecular formula is C12H16N2O. The second kappa shape index (κ2) is 3.19. The normalized spacial score (nSPS) is 32.7. The summed E-state index contributed by atoms with van der Waals surface area (Å²) in [6.45, 7) is 0. The lowest BCUT2D eigenvalue weighted by Gasteiger charge is -2.03. The molecule has 0 N–H and O–H groups in total. The van der Waals surface area contributed by atoms with Crippen molar-refractivity contribution in [2.24, 2.45) is 24.8 Å². The average molecular weight is 204 g/mol. The van der Waals surface area contributed by atoms with Crippen LogP contribution in [-0.4, -0.2) is 15.3 Å². The van der Waals surface area contributed by atoms with Crippen molar-refractivity contribution in [1.29, 1.82) is 0 Å². The van der Waals surface area contributed by atoms with E-state index in [2.05, 4.69) is 4.98 Å². The van der Waals surface area contributed by atoms with Gasteiger partial charge in [-0.2, -0.15) is 0 Å². The monoisotopic (exact) mass is 204 g/mol. The Bertz CT molecular complexity index is 386. The minimum atomic E-state index is 0.385. The van der Waals surface area contributed by atoms with Crippen molar-refractivity contribution in [2.45, 2.75) is 25.7 Å². The van der Waals surface area contributed by atoms with E-state index in [1.165, 1.54) is 19.3 Å². The molecule has 3 heteroatoms. The first-order valence-electron chi connectivity index (χ1n) is 5.76. The molecule has 15 heavy (non-hydrogen) atoms. The van der Waals surface area contributed by atoms with E-state index in [0.717, 1.165) is 17.7 Å². The first kappa shape index (κ1) is 9.13. The van der Waals surface area contributed by atoms with Crippen LogP contribution in [0.2, 0.25) is 0 Å². The lowest BCUT2D eigenvalue weighted by Crippen LogP contribution is -2.12. The number of fused-ring (bicyclic) bond motifs is 1. The van der Waals surface area contributed by atoms with Crippen LogP contribution in [0.5, 0.6) is 0 Å². The zero-order chi connectivity index (χ0) is 10.4. The number of hydrogen-bond acceptors (Lipinski definition) is 2. The highest BCUT2D eigenvalue weighted by Crippen LogP contribution is 2.57. The van der Waals surface area contributed by atoms with Gasteiger partial charge in [0.1, 0.15) is 11.6 Å². The van der Waals surface area contributed by atoms with Gasteiger partial charge in [-0.15, -0.1) is 0 Å². The van der Waals surface area contributed by atoms with E-state index in [0.29, 0.717) is 18.1 Å². The highest BCUT2D eigenvalue weighted by Gasteiger charge is 2.55. The van der Waals surface area contributed by atoms with Gasteiger partial charge < -0.3 is 4.57 Å². The molecule has 1 aromatic rings. The number of carbonyl (C=O) groups excluding carboxylic acids is 1. The van der Waals surface area contributed by atoms with Gasteiger partial charge in [-0.1, -0.05) is 6.42 Å². The summed E-state index contributed by atoms with van der Waals surface area (Å²) in [5.74, 6) is 3.18. The largest absolute Gasteiger partial charge is 0.338 e. The minimum absolute atomic E-state index is 0.385. The van der Waals surface area contributed by atoms with Gasteiger partial charge in [-0.05, 0) is 24.7 Å². The number of carbonyl (C=O) groups is 1. The maximum atomic E-state index is 12.0. The second-order valence-corrected chi connectivity index (χ2v) is 4.88. The van der Waals surface area contributed by atoms with Crippen LogP contribution in [-0.2, 0) is 18.3 Å². The van der Waals surface area contributed by atoms with E-state index in [1.54, 1.807) is 6.20 Å². The predicted octanol–water partition coefficient (Wildman–Crippen LogP) is 1.58. The molecule has 2 fully saturated rings. The Balaban J connectivity index is 1.65. The molecule has 0 spiro atoms. The van der Waals surface area contributed by atoms with Crippen molar-refractivity contribution in [2.75, 3.05) is 0 Å². The Morgan fingerprint density at radius 2 is 2.27 bits per heavy atom. The quantitative estimate of drug-likeness (QED) is 0.749. The van der Waals surface area contributed by atoms with Crippen molar-refractivity contribution >= 4 is 5.78 Å². The van der Waals surface area contributed by atoms with E-state index in [1.807, 2.05) is 17.8 Å². The summed E-state index contributed by atoms with van der Waals surface area (Å²) in [6.07, 6.45) is 8.08. The molecule has 0 radical (unpaired) electrons. The summed E-state index contributed by atoms with van der Waals surface area (Å²) in [5, 5.41) is 0. The predicted molar refractivity (Wildman–Crippen MR) is 56.2 cm³/mol. The van der Waals surface area contributed by atoms with Crippen LogP contribution in [0.4, 0.5) is 0 Å². The third-order valence-corrected chi connectivity index (χ3v) is 4.03. The number of Topliss-reactive ketones (excluding diaryl/α,β-unsaturated/α-hetero) is 1. The molecule has 2 saturated carbocycles. The van der Waals surface area contributed by atoms with Gasteiger partial charge in [0.05, 0.1) is 6.42 Å². The SMILES string of the molecule is Cn1ccnc1CC(=O)C1C2CCCC21. The fourth-order valence-corrected chi connectivity index (χ4v) is 3.14. The van der Waals surface area contributed by atoms with Crippen molar-refractivity contribution in [3.05, 3.63) is 18.2 Å². The van der Waals surface area contributed by atoms with Crippen LogP contribution in [0.3, 0.4) is 0 Å². The molecule has 3 nitrogen and oxygen atoms in total. The van der Waals surface area contributed by atoms with Gasteiger partial charge in [0.2, 0.25) is 0 Å². The van der Waals surface area contributed by atoms with E-state index in [9.17, 15) is 4.79 Å². The van der Waals surface area contributed by atoms with Gasteiger partial charge in [-0.25, -0.2) is 4.98 Å². The topological polar surface area (TPSA) is 34.9 Å². The van der Waals surface area contributed by atoms with Crippen LogP contribution in [0, 0.1) is 17.8 Å². The van der Waals surface area contributed by atoms with Crippen LogP contribution in [0.1, 0.15) is 25.1 Å². The average Bonchev–Trinajstić information content (AvgIpc) is 2.60.